The highest BCUT2D eigenvalue weighted by Gasteiger charge is 2.45. The summed E-state index contributed by atoms with van der Waals surface area (Å²) in [6.07, 6.45) is 0.461. The molecule has 26 heavy (non-hydrogen) atoms. The fourth-order valence-corrected chi connectivity index (χ4v) is 4.37. The molecule has 144 valence electrons. The maximum Gasteiger partial charge on any atom is 0.490 e. The molecule has 4 nitrogen and oxygen atoms in total. The summed E-state index contributed by atoms with van der Waals surface area (Å²) < 4.78 is 38.0. The lowest BCUT2D eigenvalue weighted by Gasteiger charge is -2.38. The molecular weight excluding hydrogens is 347 g/mol. The van der Waals surface area contributed by atoms with Gasteiger partial charge in [-0.25, -0.2) is 4.79 Å². The zero-order valence-electron chi connectivity index (χ0n) is 14.7. The summed E-state index contributed by atoms with van der Waals surface area (Å²) in [5.41, 5.74) is 4.68. The van der Waals surface area contributed by atoms with Crippen LogP contribution >= 0.6 is 0 Å². The molecule has 2 heterocycles. The number of hydrogen-bond donors (Lipinski definition) is 2. The number of nitrogens with one attached hydrogen (secondary N) is 1. The molecule has 4 rings (SSSR count). The Morgan fingerprint density at radius 2 is 1.88 bits per heavy atom. The first-order valence-corrected chi connectivity index (χ1v) is 8.99. The molecule has 2 fully saturated rings. The molecule has 0 spiro atoms. The Hall–Kier alpha value is -1.60. The van der Waals surface area contributed by atoms with Crippen LogP contribution in [0.25, 0.3) is 0 Å². The first-order valence-electron chi connectivity index (χ1n) is 8.99. The smallest absolute Gasteiger partial charge is 0.475 e. The maximum atomic E-state index is 10.6. The van der Waals surface area contributed by atoms with Crippen LogP contribution in [0.4, 0.5) is 13.2 Å². The molecule has 0 amide bonds. The number of fused-ring (bicyclic) bond motifs is 3. The summed E-state index contributed by atoms with van der Waals surface area (Å²) in [5.74, 6) is -1.43. The Balaban J connectivity index is 0.000000242. The third-order valence-corrected chi connectivity index (χ3v) is 5.77. The summed E-state index contributed by atoms with van der Waals surface area (Å²) in [6, 6.07) is 6.96. The molecule has 1 saturated heterocycles. The van der Waals surface area contributed by atoms with Crippen molar-refractivity contribution in [1.29, 1.82) is 0 Å². The van der Waals surface area contributed by atoms with Gasteiger partial charge >= 0.3 is 12.1 Å². The van der Waals surface area contributed by atoms with Crippen molar-refractivity contribution in [3.05, 3.63) is 34.9 Å². The van der Waals surface area contributed by atoms with Crippen LogP contribution in [0.1, 0.15) is 61.1 Å². The van der Waals surface area contributed by atoms with E-state index in [1.165, 1.54) is 31.2 Å². The number of ether oxygens (including phenoxy) is 1. The summed E-state index contributed by atoms with van der Waals surface area (Å²) >= 11 is 0. The van der Waals surface area contributed by atoms with Crippen molar-refractivity contribution in [2.45, 2.75) is 62.8 Å². The van der Waals surface area contributed by atoms with E-state index >= 15 is 0 Å². The van der Waals surface area contributed by atoms with Crippen LogP contribution < -0.4 is 5.32 Å². The van der Waals surface area contributed by atoms with E-state index in [1.54, 1.807) is 11.1 Å². The summed E-state index contributed by atoms with van der Waals surface area (Å²) in [7, 11) is 0. The van der Waals surface area contributed by atoms with E-state index in [0.717, 1.165) is 25.6 Å². The fourth-order valence-electron chi connectivity index (χ4n) is 4.37. The van der Waals surface area contributed by atoms with Crippen molar-refractivity contribution in [2.24, 2.45) is 0 Å². The van der Waals surface area contributed by atoms with E-state index in [2.05, 4.69) is 30.4 Å². The molecule has 1 aromatic rings. The molecule has 1 aliphatic carbocycles. The average Bonchev–Trinajstić information content (AvgIpc) is 3.23. The summed E-state index contributed by atoms with van der Waals surface area (Å²) in [6.45, 7) is 5.14. The zero-order valence-corrected chi connectivity index (χ0v) is 14.7. The highest BCUT2D eigenvalue weighted by molar-refractivity contribution is 5.73. The Bertz CT molecular complexity index is 670. The average molecular weight is 371 g/mol. The van der Waals surface area contributed by atoms with Crippen LogP contribution in [0.3, 0.4) is 0 Å². The standard InChI is InChI=1S/C17H23NO.C2HF3O2/c1-17-11-18-9-16(17)14-8-4-7-13(15(14)10-19-17)12-5-2-3-6-12;3-2(4,5)1(6)7/h4,7-8,12,16,18H,2-3,5-6,9-11H2,1H3;(H,6,7). The predicted molar refractivity (Wildman–Crippen MR) is 90.1 cm³/mol. The van der Waals surface area contributed by atoms with Gasteiger partial charge in [-0.1, -0.05) is 31.0 Å². The second-order valence-corrected chi connectivity index (χ2v) is 7.48. The number of benzene rings is 1. The van der Waals surface area contributed by atoms with Crippen molar-refractivity contribution in [3.63, 3.8) is 0 Å². The number of aliphatic carboxylic acids is 1. The van der Waals surface area contributed by atoms with E-state index in [9.17, 15) is 13.2 Å². The topological polar surface area (TPSA) is 58.6 Å². The molecule has 2 aliphatic heterocycles. The third-order valence-electron chi connectivity index (χ3n) is 5.77. The molecule has 2 atom stereocenters. The molecule has 2 N–H and O–H groups in total. The lowest BCUT2D eigenvalue weighted by atomic mass is 9.78. The number of carboxylic acid groups (broad SMARTS) is 1. The van der Waals surface area contributed by atoms with Gasteiger partial charge in [0.2, 0.25) is 0 Å². The SMILES string of the molecule is CC12CNCC1c1cccc(C3CCCC3)c1CO2.O=C(O)C(F)(F)F. The highest BCUT2D eigenvalue weighted by atomic mass is 19.4. The number of alkyl halides is 3. The molecule has 3 aliphatic rings. The largest absolute Gasteiger partial charge is 0.490 e. The molecule has 2 unspecified atom stereocenters. The Labute approximate surface area is 150 Å². The Kier molecular flexibility index (Phi) is 5.30. The predicted octanol–water partition coefficient (Wildman–Crippen LogP) is 3.95. The molecular formula is C19H24F3NO3. The van der Waals surface area contributed by atoms with Gasteiger partial charge in [0.1, 0.15) is 0 Å². The number of carboxylic acids is 1. The van der Waals surface area contributed by atoms with E-state index in [0.29, 0.717) is 5.92 Å². The first kappa shape index (κ1) is 19.2. The van der Waals surface area contributed by atoms with Gasteiger partial charge in [-0.2, -0.15) is 13.2 Å². The Morgan fingerprint density at radius 1 is 1.27 bits per heavy atom. The van der Waals surface area contributed by atoms with Crippen LogP contribution in [0.2, 0.25) is 0 Å². The van der Waals surface area contributed by atoms with E-state index in [4.69, 9.17) is 14.6 Å². The lowest BCUT2D eigenvalue weighted by Crippen LogP contribution is -2.40. The molecule has 0 bridgehead atoms. The number of rotatable bonds is 1. The molecule has 1 aromatic carbocycles. The van der Waals surface area contributed by atoms with Crippen LogP contribution in [-0.4, -0.2) is 35.9 Å². The number of carbonyl (C=O) groups is 1. The fraction of sp³-hybridized carbons (Fsp3) is 0.632. The van der Waals surface area contributed by atoms with E-state index < -0.39 is 12.1 Å². The number of hydrogen-bond acceptors (Lipinski definition) is 3. The second kappa shape index (κ2) is 7.19. The molecule has 7 heteroatoms. The second-order valence-electron chi connectivity index (χ2n) is 7.48. The van der Waals surface area contributed by atoms with Gasteiger partial charge in [-0.05, 0) is 42.4 Å². The summed E-state index contributed by atoms with van der Waals surface area (Å²) in [4.78, 5) is 8.90. The van der Waals surface area contributed by atoms with Gasteiger partial charge in [0.05, 0.1) is 12.2 Å². The van der Waals surface area contributed by atoms with Gasteiger partial charge in [0.25, 0.3) is 0 Å². The normalized spacial score (nSPS) is 28.1. The van der Waals surface area contributed by atoms with Crippen molar-refractivity contribution in [3.8, 4) is 0 Å². The first-order chi connectivity index (χ1) is 12.2. The monoisotopic (exact) mass is 371 g/mol. The quantitative estimate of drug-likeness (QED) is 0.785. The minimum atomic E-state index is -5.08. The minimum absolute atomic E-state index is 0.0152. The third kappa shape index (κ3) is 3.74. The zero-order chi connectivity index (χ0) is 18.9. The van der Waals surface area contributed by atoms with Gasteiger partial charge in [0.15, 0.2) is 0 Å². The van der Waals surface area contributed by atoms with Crippen LogP contribution in [0, 0.1) is 0 Å². The van der Waals surface area contributed by atoms with Crippen LogP contribution in [0.5, 0.6) is 0 Å². The van der Waals surface area contributed by atoms with Gasteiger partial charge < -0.3 is 15.2 Å². The van der Waals surface area contributed by atoms with Crippen molar-refractivity contribution in [1.82, 2.24) is 5.32 Å². The minimum Gasteiger partial charge on any atom is -0.475 e. The van der Waals surface area contributed by atoms with Crippen molar-refractivity contribution >= 4 is 5.97 Å². The highest BCUT2D eigenvalue weighted by Crippen LogP contribution is 2.45. The van der Waals surface area contributed by atoms with E-state index in [-0.39, 0.29) is 5.60 Å². The molecule has 0 aromatic heterocycles. The van der Waals surface area contributed by atoms with Gasteiger partial charge in [0, 0.05) is 19.0 Å². The number of halogens is 3. The van der Waals surface area contributed by atoms with Crippen LogP contribution in [-0.2, 0) is 16.1 Å². The molecule has 0 radical (unpaired) electrons. The Morgan fingerprint density at radius 3 is 2.50 bits per heavy atom. The van der Waals surface area contributed by atoms with E-state index in [1.807, 2.05) is 0 Å². The summed E-state index contributed by atoms with van der Waals surface area (Å²) in [5, 5.41) is 10.6. The lowest BCUT2D eigenvalue weighted by molar-refractivity contribution is -0.192. The van der Waals surface area contributed by atoms with Crippen molar-refractivity contribution in [2.75, 3.05) is 13.1 Å². The van der Waals surface area contributed by atoms with Crippen molar-refractivity contribution < 1.29 is 27.8 Å². The van der Waals surface area contributed by atoms with Crippen LogP contribution in [0.15, 0.2) is 18.2 Å². The van der Waals surface area contributed by atoms with Gasteiger partial charge in [-0.3, -0.25) is 0 Å². The molecule has 1 saturated carbocycles. The maximum absolute atomic E-state index is 10.6. The van der Waals surface area contributed by atoms with Gasteiger partial charge in [-0.15, -0.1) is 0 Å².